The van der Waals surface area contributed by atoms with Crippen LogP contribution in [0.1, 0.15) is 29.5 Å². The van der Waals surface area contributed by atoms with Crippen LogP contribution < -0.4 is 0 Å². The molecule has 0 bridgehead atoms. The summed E-state index contributed by atoms with van der Waals surface area (Å²) in [7, 11) is 0. The largest absolute Gasteiger partial charge is 0.391 e. The maximum absolute atomic E-state index is 10.8. The molecule has 0 radical (unpaired) electrons. The number of aliphatic hydroxyl groups is 1. The van der Waals surface area contributed by atoms with Crippen molar-refractivity contribution in [3.05, 3.63) is 47.3 Å². The summed E-state index contributed by atoms with van der Waals surface area (Å²) in [6.45, 7) is 11.0. The van der Waals surface area contributed by atoms with Crippen LogP contribution in [0.25, 0.3) is 5.69 Å². The topological polar surface area (TPSA) is 53.8 Å². The molecule has 5 rings (SSSR count). The van der Waals surface area contributed by atoms with Gasteiger partial charge in [-0.2, -0.15) is 5.10 Å². The Hall–Kier alpha value is -1.73. The van der Waals surface area contributed by atoms with Gasteiger partial charge in [0.2, 0.25) is 0 Å². The molecule has 3 fully saturated rings. The minimum atomic E-state index is -0.197. The Morgan fingerprint density at radius 1 is 1.07 bits per heavy atom. The average Bonchev–Trinajstić information content (AvgIpc) is 3.36. The molecule has 6 heteroatoms. The Balaban J connectivity index is 1.21. The molecule has 0 amide bonds. The summed E-state index contributed by atoms with van der Waals surface area (Å²) in [6, 6.07) is 6.80. The lowest BCUT2D eigenvalue weighted by molar-refractivity contribution is -0.0520. The highest BCUT2D eigenvalue weighted by molar-refractivity contribution is 5.39. The standard InChI is InChI=1S/C24H34N4O2/c1-17-3-4-22(9-18(17)2)28-14-19(12-25-28)13-26-15-20-10-23(24(29)11-21(20)16-26)27-5-7-30-8-6-27/h3-4,9,12,14,20-21,23-24,29H,5-8,10-11,13,15-16H2,1-2H3/t20-,21+,23-,24-/m1/s1. The van der Waals surface area contributed by atoms with E-state index in [0.717, 1.165) is 64.5 Å². The molecule has 1 aliphatic carbocycles. The number of aromatic nitrogens is 2. The van der Waals surface area contributed by atoms with Crippen LogP contribution in [0.5, 0.6) is 0 Å². The third kappa shape index (κ3) is 4.06. The van der Waals surface area contributed by atoms with Gasteiger partial charge in [-0.1, -0.05) is 6.07 Å². The second-order valence-corrected chi connectivity index (χ2v) is 9.53. The number of rotatable bonds is 4. The molecule has 30 heavy (non-hydrogen) atoms. The summed E-state index contributed by atoms with van der Waals surface area (Å²) in [4.78, 5) is 5.02. The van der Waals surface area contributed by atoms with Gasteiger partial charge in [0, 0.05) is 50.5 Å². The minimum absolute atomic E-state index is 0.197. The van der Waals surface area contributed by atoms with E-state index < -0.39 is 0 Å². The molecule has 162 valence electrons. The molecule has 1 aromatic heterocycles. The van der Waals surface area contributed by atoms with E-state index in [4.69, 9.17) is 4.74 Å². The van der Waals surface area contributed by atoms with Gasteiger partial charge in [-0.15, -0.1) is 0 Å². The molecule has 6 nitrogen and oxygen atoms in total. The maximum atomic E-state index is 10.8. The molecular weight excluding hydrogens is 376 g/mol. The summed E-state index contributed by atoms with van der Waals surface area (Å²) in [5, 5.41) is 15.4. The minimum Gasteiger partial charge on any atom is -0.391 e. The Morgan fingerprint density at radius 3 is 2.60 bits per heavy atom. The smallest absolute Gasteiger partial charge is 0.0698 e. The van der Waals surface area contributed by atoms with Crippen LogP contribution in [-0.2, 0) is 11.3 Å². The van der Waals surface area contributed by atoms with E-state index in [9.17, 15) is 5.11 Å². The zero-order valence-electron chi connectivity index (χ0n) is 18.2. The SMILES string of the molecule is Cc1ccc(-n2cc(CN3C[C@H]4C[C@@H](N5CCOCC5)[C@H](O)C[C@H]4C3)cn2)cc1C. The Kier molecular flexibility index (Phi) is 5.67. The normalized spacial score (nSPS) is 30.5. The Morgan fingerprint density at radius 2 is 1.83 bits per heavy atom. The number of aliphatic hydroxyl groups excluding tert-OH is 1. The molecular formula is C24H34N4O2. The van der Waals surface area contributed by atoms with Crippen molar-refractivity contribution in [1.82, 2.24) is 19.6 Å². The number of ether oxygens (including phenoxy) is 1. The van der Waals surface area contributed by atoms with Crippen molar-refractivity contribution in [2.24, 2.45) is 11.8 Å². The van der Waals surface area contributed by atoms with E-state index in [1.807, 2.05) is 10.9 Å². The Labute approximate surface area is 179 Å². The first-order chi connectivity index (χ1) is 14.6. The van der Waals surface area contributed by atoms with Crippen molar-refractivity contribution in [3.63, 3.8) is 0 Å². The third-order valence-corrected chi connectivity index (χ3v) is 7.50. The van der Waals surface area contributed by atoms with Crippen molar-refractivity contribution in [2.75, 3.05) is 39.4 Å². The highest BCUT2D eigenvalue weighted by Gasteiger charge is 2.43. The number of benzene rings is 1. The molecule has 2 aromatic rings. The van der Waals surface area contributed by atoms with Gasteiger partial charge >= 0.3 is 0 Å². The zero-order chi connectivity index (χ0) is 20.7. The Bertz CT molecular complexity index is 876. The summed E-state index contributed by atoms with van der Waals surface area (Å²) in [5.41, 5.74) is 4.98. The van der Waals surface area contributed by atoms with E-state index in [2.05, 4.69) is 53.1 Å². The summed E-state index contributed by atoms with van der Waals surface area (Å²) >= 11 is 0. The van der Waals surface area contributed by atoms with Crippen LogP contribution in [0.2, 0.25) is 0 Å². The van der Waals surface area contributed by atoms with E-state index in [-0.39, 0.29) is 6.10 Å². The van der Waals surface area contributed by atoms with Gasteiger partial charge in [0.1, 0.15) is 0 Å². The van der Waals surface area contributed by atoms with E-state index in [1.165, 1.54) is 16.7 Å². The van der Waals surface area contributed by atoms with Gasteiger partial charge in [-0.3, -0.25) is 9.80 Å². The number of nitrogens with zero attached hydrogens (tertiary/aromatic N) is 4. The van der Waals surface area contributed by atoms with Gasteiger partial charge in [0.25, 0.3) is 0 Å². The fourth-order valence-corrected chi connectivity index (χ4v) is 5.64. The van der Waals surface area contributed by atoms with Crippen LogP contribution in [0.15, 0.2) is 30.6 Å². The monoisotopic (exact) mass is 410 g/mol. The van der Waals surface area contributed by atoms with Crippen LogP contribution in [-0.4, -0.2) is 76.2 Å². The van der Waals surface area contributed by atoms with Gasteiger partial charge in [-0.05, 0) is 61.8 Å². The first kappa shape index (κ1) is 20.2. The molecule has 1 aromatic carbocycles. The number of fused-ring (bicyclic) bond motifs is 1. The van der Waals surface area contributed by atoms with Gasteiger partial charge < -0.3 is 9.84 Å². The summed E-state index contributed by atoms with van der Waals surface area (Å²) < 4.78 is 7.49. The molecule has 0 spiro atoms. The van der Waals surface area contributed by atoms with Crippen molar-refractivity contribution in [1.29, 1.82) is 0 Å². The second-order valence-electron chi connectivity index (χ2n) is 9.53. The number of hydrogen-bond donors (Lipinski definition) is 1. The lowest BCUT2D eigenvalue weighted by Crippen LogP contribution is -2.53. The molecule has 2 saturated heterocycles. The third-order valence-electron chi connectivity index (χ3n) is 7.50. The van der Waals surface area contributed by atoms with Gasteiger partial charge in [-0.25, -0.2) is 4.68 Å². The van der Waals surface area contributed by atoms with Crippen molar-refractivity contribution < 1.29 is 9.84 Å². The molecule has 3 heterocycles. The highest BCUT2D eigenvalue weighted by Crippen LogP contribution is 2.39. The maximum Gasteiger partial charge on any atom is 0.0698 e. The number of aryl methyl sites for hydroxylation is 2. The number of likely N-dealkylation sites (tertiary alicyclic amines) is 1. The zero-order valence-corrected chi connectivity index (χ0v) is 18.2. The van der Waals surface area contributed by atoms with E-state index in [1.54, 1.807) is 0 Å². The fraction of sp³-hybridized carbons (Fsp3) is 0.625. The van der Waals surface area contributed by atoms with E-state index >= 15 is 0 Å². The predicted molar refractivity (Wildman–Crippen MR) is 117 cm³/mol. The van der Waals surface area contributed by atoms with Gasteiger partial charge in [0.05, 0.1) is 31.2 Å². The van der Waals surface area contributed by atoms with Crippen molar-refractivity contribution in [3.8, 4) is 5.69 Å². The highest BCUT2D eigenvalue weighted by atomic mass is 16.5. The summed E-state index contributed by atoms with van der Waals surface area (Å²) in [6.07, 6.45) is 6.02. The number of morpholine rings is 1. The van der Waals surface area contributed by atoms with Crippen LogP contribution in [0.3, 0.4) is 0 Å². The van der Waals surface area contributed by atoms with Crippen LogP contribution in [0.4, 0.5) is 0 Å². The van der Waals surface area contributed by atoms with Crippen LogP contribution in [0, 0.1) is 25.7 Å². The quantitative estimate of drug-likeness (QED) is 0.839. The summed E-state index contributed by atoms with van der Waals surface area (Å²) in [5.74, 6) is 1.31. The lowest BCUT2D eigenvalue weighted by Gasteiger charge is -2.43. The number of hydrogen-bond acceptors (Lipinski definition) is 5. The molecule has 1 N–H and O–H groups in total. The van der Waals surface area contributed by atoms with Crippen LogP contribution >= 0.6 is 0 Å². The molecule has 1 saturated carbocycles. The first-order valence-corrected chi connectivity index (χ1v) is 11.4. The molecule has 0 unspecified atom stereocenters. The van der Waals surface area contributed by atoms with Crippen molar-refractivity contribution in [2.45, 2.75) is 45.4 Å². The predicted octanol–water partition coefficient (Wildman–Crippen LogP) is 2.39. The molecule has 4 atom stereocenters. The fourth-order valence-electron chi connectivity index (χ4n) is 5.64. The van der Waals surface area contributed by atoms with Gasteiger partial charge in [0.15, 0.2) is 0 Å². The van der Waals surface area contributed by atoms with E-state index in [0.29, 0.717) is 17.9 Å². The lowest BCUT2D eigenvalue weighted by atomic mass is 9.77. The molecule has 2 aliphatic heterocycles. The van der Waals surface area contributed by atoms with Crippen molar-refractivity contribution >= 4 is 0 Å². The average molecular weight is 411 g/mol. The second kappa shape index (κ2) is 8.42. The molecule has 3 aliphatic rings. The first-order valence-electron chi connectivity index (χ1n) is 11.4.